The van der Waals surface area contributed by atoms with Gasteiger partial charge >= 0.3 is 0 Å². The predicted molar refractivity (Wildman–Crippen MR) is 98.0 cm³/mol. The largest absolute Gasteiger partial charge is 0.497 e. The lowest BCUT2D eigenvalue weighted by Crippen LogP contribution is -2.46. The summed E-state index contributed by atoms with van der Waals surface area (Å²) in [6, 6.07) is 14.7. The summed E-state index contributed by atoms with van der Waals surface area (Å²) in [4.78, 5) is 12.2. The highest BCUT2D eigenvalue weighted by atomic mass is 16.6. The van der Waals surface area contributed by atoms with Crippen LogP contribution in [-0.4, -0.2) is 50.1 Å². The van der Waals surface area contributed by atoms with Crippen molar-refractivity contribution in [3.05, 3.63) is 54.1 Å². The molecule has 7 heteroatoms. The Labute approximate surface area is 157 Å². The molecule has 2 atom stereocenters. The Bertz CT molecular complexity index is 748. The quantitative estimate of drug-likeness (QED) is 0.730. The Kier molecular flexibility index (Phi) is 6.51. The number of benzene rings is 2. The number of carbonyl (C=O) groups is 1. The third kappa shape index (κ3) is 5.35. The molecule has 27 heavy (non-hydrogen) atoms. The fourth-order valence-corrected chi connectivity index (χ4v) is 2.57. The van der Waals surface area contributed by atoms with Gasteiger partial charge in [0.25, 0.3) is 5.91 Å². The van der Waals surface area contributed by atoms with Crippen molar-refractivity contribution in [2.75, 3.05) is 26.9 Å². The number of carbonyl (C=O) groups excluding carboxylic acids is 1. The molecule has 0 aliphatic carbocycles. The van der Waals surface area contributed by atoms with Gasteiger partial charge in [-0.3, -0.25) is 4.79 Å². The minimum atomic E-state index is -0.816. The molecule has 1 heterocycles. The van der Waals surface area contributed by atoms with E-state index in [-0.39, 0.29) is 25.7 Å². The fraction of sp³-hybridized carbons (Fsp3) is 0.350. The summed E-state index contributed by atoms with van der Waals surface area (Å²) in [6.45, 7) is 0.679. The molecule has 7 nitrogen and oxygen atoms in total. The van der Waals surface area contributed by atoms with Crippen LogP contribution in [0.3, 0.4) is 0 Å². The summed E-state index contributed by atoms with van der Waals surface area (Å²) in [5, 5.41) is 12.6. The average Bonchev–Trinajstić information content (AvgIpc) is 2.72. The Morgan fingerprint density at radius 2 is 1.96 bits per heavy atom. The summed E-state index contributed by atoms with van der Waals surface area (Å²) in [7, 11) is 1.61. The van der Waals surface area contributed by atoms with Gasteiger partial charge in [0.2, 0.25) is 6.10 Å². The summed E-state index contributed by atoms with van der Waals surface area (Å²) >= 11 is 0. The minimum Gasteiger partial charge on any atom is -0.497 e. The molecule has 0 spiro atoms. The zero-order valence-electron chi connectivity index (χ0n) is 15.1. The van der Waals surface area contributed by atoms with Gasteiger partial charge < -0.3 is 29.4 Å². The maximum absolute atomic E-state index is 12.2. The van der Waals surface area contributed by atoms with Gasteiger partial charge in [-0.15, -0.1) is 0 Å². The van der Waals surface area contributed by atoms with Gasteiger partial charge in [0.15, 0.2) is 11.5 Å². The second kappa shape index (κ2) is 9.25. The molecule has 0 radical (unpaired) electrons. The van der Waals surface area contributed by atoms with Gasteiger partial charge in [-0.1, -0.05) is 24.3 Å². The smallest absolute Gasteiger partial charge is 0.264 e. The Hall–Kier alpha value is -2.77. The summed E-state index contributed by atoms with van der Waals surface area (Å²) in [6.07, 6.45) is -1.56. The molecule has 1 amide bonds. The van der Waals surface area contributed by atoms with Crippen molar-refractivity contribution >= 4 is 5.91 Å². The van der Waals surface area contributed by atoms with Crippen molar-refractivity contribution in [2.45, 2.75) is 18.8 Å². The highest BCUT2D eigenvalue weighted by Crippen LogP contribution is 2.30. The van der Waals surface area contributed by atoms with E-state index in [1.54, 1.807) is 19.2 Å². The highest BCUT2D eigenvalue weighted by Gasteiger charge is 2.27. The van der Waals surface area contributed by atoms with E-state index in [9.17, 15) is 9.90 Å². The van der Waals surface area contributed by atoms with Crippen molar-refractivity contribution in [3.8, 4) is 17.2 Å². The van der Waals surface area contributed by atoms with Crippen molar-refractivity contribution in [3.63, 3.8) is 0 Å². The van der Waals surface area contributed by atoms with Crippen LogP contribution in [0.1, 0.15) is 5.56 Å². The van der Waals surface area contributed by atoms with Gasteiger partial charge in [0, 0.05) is 6.54 Å². The zero-order valence-corrected chi connectivity index (χ0v) is 15.1. The molecule has 2 aromatic carbocycles. The lowest BCUT2D eigenvalue weighted by molar-refractivity contribution is -0.131. The number of methoxy groups -OCH3 is 1. The Morgan fingerprint density at radius 3 is 2.70 bits per heavy atom. The molecule has 1 aliphatic rings. The molecule has 1 aliphatic heterocycles. The molecule has 144 valence electrons. The lowest BCUT2D eigenvalue weighted by Gasteiger charge is -2.25. The topological polar surface area (TPSA) is 86.2 Å². The highest BCUT2D eigenvalue weighted by molar-refractivity contribution is 5.81. The summed E-state index contributed by atoms with van der Waals surface area (Å²) in [5.74, 6) is 1.59. The Balaban J connectivity index is 1.36. The maximum Gasteiger partial charge on any atom is 0.264 e. The van der Waals surface area contributed by atoms with Crippen LogP contribution < -0.4 is 19.5 Å². The fourth-order valence-electron chi connectivity index (χ4n) is 2.57. The summed E-state index contributed by atoms with van der Waals surface area (Å²) in [5.41, 5.74) is 0.971. The first-order chi connectivity index (χ1) is 13.2. The summed E-state index contributed by atoms with van der Waals surface area (Å²) < 4.78 is 21.7. The number of hydrogen-bond donors (Lipinski definition) is 2. The molecule has 0 saturated carbocycles. The van der Waals surface area contributed by atoms with E-state index in [4.69, 9.17) is 18.9 Å². The molecular formula is C20H23NO6. The number of aliphatic hydroxyl groups is 1. The predicted octanol–water partition coefficient (Wildman–Crippen LogP) is 1.53. The van der Waals surface area contributed by atoms with E-state index in [2.05, 4.69) is 5.32 Å². The number of fused-ring (bicyclic) bond motifs is 1. The number of ether oxygens (including phenoxy) is 4. The molecule has 0 fully saturated rings. The molecule has 2 N–H and O–H groups in total. The monoisotopic (exact) mass is 373 g/mol. The van der Waals surface area contributed by atoms with Crippen molar-refractivity contribution < 1.29 is 28.8 Å². The maximum atomic E-state index is 12.2. The minimum absolute atomic E-state index is 0.0724. The number of amides is 1. The molecule has 2 aromatic rings. The van der Waals surface area contributed by atoms with E-state index < -0.39 is 12.2 Å². The molecule has 3 rings (SSSR count). The van der Waals surface area contributed by atoms with E-state index in [1.165, 1.54) is 0 Å². The molecule has 0 aromatic heterocycles. The van der Waals surface area contributed by atoms with E-state index in [0.29, 0.717) is 18.1 Å². The van der Waals surface area contributed by atoms with Crippen LogP contribution in [-0.2, 0) is 16.1 Å². The Morgan fingerprint density at radius 1 is 1.22 bits per heavy atom. The normalized spacial score (nSPS) is 16.4. The number of rotatable bonds is 8. The van der Waals surface area contributed by atoms with Gasteiger partial charge in [-0.2, -0.15) is 0 Å². The molecule has 0 saturated heterocycles. The van der Waals surface area contributed by atoms with Crippen LogP contribution in [0.25, 0.3) is 0 Å². The van der Waals surface area contributed by atoms with Crippen LogP contribution in [0.5, 0.6) is 17.2 Å². The van der Waals surface area contributed by atoms with Crippen LogP contribution in [0.2, 0.25) is 0 Å². The van der Waals surface area contributed by atoms with Crippen LogP contribution in [0.15, 0.2) is 48.5 Å². The van der Waals surface area contributed by atoms with Gasteiger partial charge in [-0.25, -0.2) is 0 Å². The second-order valence-corrected chi connectivity index (χ2v) is 6.13. The number of hydrogen-bond acceptors (Lipinski definition) is 6. The van der Waals surface area contributed by atoms with Crippen LogP contribution in [0, 0.1) is 0 Å². The van der Waals surface area contributed by atoms with E-state index >= 15 is 0 Å². The van der Waals surface area contributed by atoms with E-state index in [0.717, 1.165) is 11.3 Å². The molecule has 0 unspecified atom stereocenters. The van der Waals surface area contributed by atoms with Crippen molar-refractivity contribution in [2.24, 2.45) is 0 Å². The third-order valence-electron chi connectivity index (χ3n) is 4.05. The third-order valence-corrected chi connectivity index (χ3v) is 4.05. The standard InChI is InChI=1S/C20H23NO6/c1-24-16-8-6-14(7-9-16)11-25-12-15(22)10-21-20(23)19-13-26-17-4-2-3-5-18(17)27-19/h2-9,15,19,22H,10-13H2,1H3,(H,21,23)/t15-,19+/m0/s1. The zero-order chi connectivity index (χ0) is 19.1. The SMILES string of the molecule is COc1ccc(COC[C@@H](O)CNC(=O)[C@H]2COc3ccccc3O2)cc1. The first-order valence-corrected chi connectivity index (χ1v) is 8.70. The average molecular weight is 373 g/mol. The first kappa shape index (κ1) is 19.0. The first-order valence-electron chi connectivity index (χ1n) is 8.70. The van der Waals surface area contributed by atoms with Crippen molar-refractivity contribution in [1.82, 2.24) is 5.32 Å². The van der Waals surface area contributed by atoms with Gasteiger partial charge in [0.1, 0.15) is 12.4 Å². The second-order valence-electron chi connectivity index (χ2n) is 6.13. The van der Waals surface area contributed by atoms with Crippen LogP contribution >= 0.6 is 0 Å². The molecular weight excluding hydrogens is 350 g/mol. The number of para-hydroxylation sites is 2. The van der Waals surface area contributed by atoms with Crippen LogP contribution in [0.4, 0.5) is 0 Å². The van der Waals surface area contributed by atoms with Gasteiger partial charge in [0.05, 0.1) is 26.4 Å². The van der Waals surface area contributed by atoms with Gasteiger partial charge in [-0.05, 0) is 29.8 Å². The lowest BCUT2D eigenvalue weighted by atomic mass is 10.2. The van der Waals surface area contributed by atoms with Crippen molar-refractivity contribution in [1.29, 1.82) is 0 Å². The number of nitrogens with one attached hydrogen (secondary N) is 1. The van der Waals surface area contributed by atoms with E-state index in [1.807, 2.05) is 36.4 Å². The number of aliphatic hydroxyl groups excluding tert-OH is 1. The molecule has 0 bridgehead atoms.